The molecule has 5 rings (SSSR count). The number of aliphatic imine (C=N–C) groups is 1. The van der Waals surface area contributed by atoms with Crippen LogP contribution in [0.5, 0.6) is 0 Å². The van der Waals surface area contributed by atoms with Crippen LogP contribution >= 0.6 is 11.3 Å². The zero-order chi connectivity index (χ0) is 28.6. The maximum absolute atomic E-state index is 13.3. The van der Waals surface area contributed by atoms with Crippen LogP contribution in [0.15, 0.2) is 82.7 Å². The van der Waals surface area contributed by atoms with Crippen LogP contribution in [-0.4, -0.2) is 36.4 Å². The first-order valence-corrected chi connectivity index (χ1v) is 13.0. The van der Waals surface area contributed by atoms with Gasteiger partial charge < -0.3 is 11.5 Å². The molecule has 3 heterocycles. The number of nitrogens with zero attached hydrogens (tertiary/aromatic N) is 6. The maximum atomic E-state index is 13.3. The molecule has 0 aliphatic heterocycles. The van der Waals surface area contributed by atoms with Gasteiger partial charge in [0, 0.05) is 25.2 Å². The number of primary amides is 1. The van der Waals surface area contributed by atoms with Crippen molar-refractivity contribution in [3.8, 4) is 17.5 Å². The number of anilines is 1. The normalized spacial score (nSPS) is 10.6. The number of nitrogens with two attached hydrogens (primary N) is 2. The predicted molar refractivity (Wildman–Crippen MR) is 159 cm³/mol. The third-order valence-corrected chi connectivity index (χ3v) is 6.33. The second kappa shape index (κ2) is 12.5. The molecule has 0 fully saturated rings. The number of carbonyl (C=O) groups is 1. The van der Waals surface area contributed by atoms with E-state index in [9.17, 15) is 9.59 Å². The molecule has 0 atom stereocenters. The lowest BCUT2D eigenvalue weighted by atomic mass is 10.1. The van der Waals surface area contributed by atoms with Crippen molar-refractivity contribution < 1.29 is 4.79 Å². The first-order valence-electron chi connectivity index (χ1n) is 12.1. The molecule has 5 aromatic rings. The summed E-state index contributed by atoms with van der Waals surface area (Å²) in [4.78, 5) is 37.9. The van der Waals surface area contributed by atoms with Crippen LogP contribution in [0.1, 0.15) is 33.5 Å². The maximum Gasteiger partial charge on any atom is 0.267 e. The zero-order valence-corrected chi connectivity index (χ0v) is 22.7. The van der Waals surface area contributed by atoms with Gasteiger partial charge >= 0.3 is 0 Å². The molecule has 0 aliphatic rings. The highest BCUT2D eigenvalue weighted by Gasteiger charge is 2.17. The Morgan fingerprint density at radius 2 is 1.95 bits per heavy atom. The van der Waals surface area contributed by atoms with Gasteiger partial charge in [-0.1, -0.05) is 49.8 Å². The van der Waals surface area contributed by atoms with Gasteiger partial charge in [-0.15, -0.1) is 11.3 Å². The number of thiazole rings is 1. The number of carbonyl (C=O) groups excluding carboxylic acids is 1. The molecule has 2 aromatic carbocycles. The van der Waals surface area contributed by atoms with Crippen LogP contribution in [0.2, 0.25) is 0 Å². The van der Waals surface area contributed by atoms with E-state index >= 15 is 0 Å². The average Bonchev–Trinajstić information content (AvgIpc) is 3.58. The van der Waals surface area contributed by atoms with Crippen LogP contribution < -0.4 is 17.0 Å². The van der Waals surface area contributed by atoms with Gasteiger partial charge in [0.15, 0.2) is 11.6 Å². The second-order valence-electron chi connectivity index (χ2n) is 8.26. The van der Waals surface area contributed by atoms with Gasteiger partial charge in [0.25, 0.3) is 11.5 Å². The third kappa shape index (κ3) is 5.87. The minimum absolute atomic E-state index is 0.0798. The Morgan fingerprint density at radius 1 is 1.18 bits per heavy atom. The van der Waals surface area contributed by atoms with E-state index in [0.717, 1.165) is 16.4 Å². The molecule has 1 amide bonds. The van der Waals surface area contributed by atoms with Crippen molar-refractivity contribution >= 4 is 46.0 Å². The van der Waals surface area contributed by atoms with Crippen molar-refractivity contribution in [1.82, 2.24) is 24.3 Å². The van der Waals surface area contributed by atoms with Crippen molar-refractivity contribution in [3.63, 3.8) is 0 Å². The molecule has 0 aliphatic carbocycles. The number of allylic oxidation sites excluding steroid dienone is 1. The van der Waals surface area contributed by atoms with Gasteiger partial charge in [-0.2, -0.15) is 5.10 Å². The molecular formula is C29H26N8O2S. The molecule has 0 spiro atoms. The Kier molecular flexibility index (Phi) is 8.63. The lowest BCUT2D eigenvalue weighted by Crippen LogP contribution is -2.24. The molecule has 200 valence electrons. The monoisotopic (exact) mass is 550 g/mol. The number of nitrogen functional groups attached to an aromatic ring is 1. The summed E-state index contributed by atoms with van der Waals surface area (Å²) in [5, 5.41) is 4.38. The van der Waals surface area contributed by atoms with Gasteiger partial charge in [-0.25, -0.2) is 14.7 Å². The zero-order valence-electron chi connectivity index (χ0n) is 21.9. The van der Waals surface area contributed by atoms with Crippen molar-refractivity contribution in [2.45, 2.75) is 13.3 Å². The largest absolute Gasteiger partial charge is 0.381 e. The van der Waals surface area contributed by atoms with Crippen LogP contribution in [0.4, 0.5) is 11.6 Å². The number of aromatic nitrogens is 5. The Hall–Kier alpha value is -5.34. The van der Waals surface area contributed by atoms with Crippen LogP contribution in [0.25, 0.3) is 16.6 Å². The van der Waals surface area contributed by atoms with E-state index in [4.69, 9.17) is 16.5 Å². The summed E-state index contributed by atoms with van der Waals surface area (Å²) in [5.41, 5.74) is 14.6. The molecule has 4 N–H and O–H groups in total. The molecule has 3 aromatic heterocycles. The molecule has 0 bridgehead atoms. The van der Waals surface area contributed by atoms with Crippen molar-refractivity contribution in [3.05, 3.63) is 105 Å². The lowest BCUT2D eigenvalue weighted by Gasteiger charge is -2.13. The Labute approximate surface area is 234 Å². The van der Waals surface area contributed by atoms with E-state index in [1.54, 1.807) is 23.3 Å². The number of hydrogen-bond donors (Lipinski definition) is 2. The van der Waals surface area contributed by atoms with Crippen molar-refractivity contribution in [1.29, 1.82) is 0 Å². The minimum Gasteiger partial charge on any atom is -0.381 e. The standard InChI is InChI=1S/C21H15N3OS.C8H11N5O/c1-2-19-23-18-10-6-7-15(11-12-17-13-22-14-26-17)20(18)21(25)24(19)16-8-4-3-5-9-16;1-3-4-11-8-5(7(10)14)6(9)12-13(8)2/h3-10,13-14H,2H2,1H3;3-4H,1H2,2H3,(H2,9,12)(H2,10,14)/b;11-4-. The first-order chi connectivity index (χ1) is 19.3. The summed E-state index contributed by atoms with van der Waals surface area (Å²) in [6.45, 7) is 5.46. The SMILES string of the molecule is C=C/C=N\c1c(C(N)=O)c(N)nn1C.CCc1nc2cccc(C#Cc3cncs3)c2c(=O)n1-c1ccccc1. The fraction of sp³-hybridized carbons (Fsp3) is 0.103. The third-order valence-electron chi connectivity index (χ3n) is 5.64. The van der Waals surface area contributed by atoms with E-state index in [-0.39, 0.29) is 16.9 Å². The van der Waals surface area contributed by atoms with E-state index in [1.165, 1.54) is 28.3 Å². The smallest absolute Gasteiger partial charge is 0.267 e. The number of hydrogen-bond acceptors (Lipinski definition) is 8. The summed E-state index contributed by atoms with van der Waals surface area (Å²) < 4.78 is 3.07. The summed E-state index contributed by atoms with van der Waals surface area (Å²) in [6.07, 6.45) is 5.30. The van der Waals surface area contributed by atoms with Gasteiger partial charge in [0.05, 0.1) is 33.2 Å². The highest BCUT2D eigenvalue weighted by atomic mass is 32.1. The highest BCUT2D eigenvalue weighted by molar-refractivity contribution is 7.10. The second-order valence-corrected chi connectivity index (χ2v) is 9.15. The molecule has 0 unspecified atom stereocenters. The summed E-state index contributed by atoms with van der Waals surface area (Å²) in [6, 6.07) is 15.2. The number of fused-ring (bicyclic) bond motifs is 1. The van der Waals surface area contributed by atoms with E-state index < -0.39 is 5.91 Å². The number of benzene rings is 2. The summed E-state index contributed by atoms with van der Waals surface area (Å²) in [7, 11) is 1.62. The fourth-order valence-corrected chi connectivity index (χ4v) is 4.38. The van der Waals surface area contributed by atoms with Gasteiger partial charge in [0.2, 0.25) is 0 Å². The Bertz CT molecular complexity index is 1830. The highest BCUT2D eigenvalue weighted by Crippen LogP contribution is 2.23. The Morgan fingerprint density at radius 3 is 2.60 bits per heavy atom. The first kappa shape index (κ1) is 27.7. The Balaban J connectivity index is 0.000000224. The summed E-state index contributed by atoms with van der Waals surface area (Å²) >= 11 is 1.47. The van der Waals surface area contributed by atoms with Gasteiger partial charge in [-0.3, -0.25) is 19.1 Å². The molecular weight excluding hydrogens is 524 g/mol. The molecule has 10 nitrogen and oxygen atoms in total. The molecule has 40 heavy (non-hydrogen) atoms. The molecule has 0 saturated heterocycles. The molecule has 0 radical (unpaired) electrons. The average molecular weight is 551 g/mol. The molecule has 0 saturated carbocycles. The number of para-hydroxylation sites is 1. The van der Waals surface area contributed by atoms with Crippen molar-refractivity contribution in [2.24, 2.45) is 17.8 Å². The summed E-state index contributed by atoms with van der Waals surface area (Å²) in [5.74, 6) is 6.69. The fourth-order valence-electron chi connectivity index (χ4n) is 3.91. The van der Waals surface area contributed by atoms with Crippen LogP contribution in [-0.2, 0) is 13.5 Å². The minimum atomic E-state index is -0.646. The van der Waals surface area contributed by atoms with E-state index in [0.29, 0.717) is 28.7 Å². The number of rotatable bonds is 5. The van der Waals surface area contributed by atoms with E-state index in [1.807, 2.05) is 55.5 Å². The van der Waals surface area contributed by atoms with Gasteiger partial charge in [0.1, 0.15) is 11.4 Å². The lowest BCUT2D eigenvalue weighted by molar-refractivity contribution is 0.100. The molecule has 11 heteroatoms. The number of aryl methyl sites for hydroxylation is 2. The predicted octanol–water partition coefficient (Wildman–Crippen LogP) is 3.79. The van der Waals surface area contributed by atoms with Crippen molar-refractivity contribution in [2.75, 3.05) is 5.73 Å². The van der Waals surface area contributed by atoms with Crippen LogP contribution in [0, 0.1) is 11.8 Å². The van der Waals surface area contributed by atoms with Crippen LogP contribution in [0.3, 0.4) is 0 Å². The number of amides is 1. The van der Waals surface area contributed by atoms with Gasteiger partial charge in [-0.05, 0) is 30.2 Å². The quantitative estimate of drug-likeness (QED) is 0.251. The van der Waals surface area contributed by atoms with E-state index in [2.05, 4.69) is 33.5 Å². The topological polar surface area (TPSA) is 147 Å².